The molecule has 6 heteroatoms. The highest BCUT2D eigenvalue weighted by Crippen LogP contribution is 2.22. The Bertz CT molecular complexity index is 852. The number of nitrogens with zero attached hydrogens (tertiary/aromatic N) is 4. The van der Waals surface area contributed by atoms with Crippen molar-refractivity contribution in [2.24, 2.45) is 0 Å². The van der Waals surface area contributed by atoms with E-state index in [1.54, 1.807) is 18.0 Å². The third-order valence-corrected chi connectivity index (χ3v) is 4.04. The van der Waals surface area contributed by atoms with Gasteiger partial charge in [-0.15, -0.1) is 16.6 Å². The molecule has 1 aromatic heterocycles. The van der Waals surface area contributed by atoms with E-state index in [0.717, 1.165) is 11.1 Å². The molecule has 0 atom stereocenters. The zero-order valence-corrected chi connectivity index (χ0v) is 11.9. The maximum absolute atomic E-state index is 12.6. The van der Waals surface area contributed by atoms with Crippen LogP contribution in [0.3, 0.4) is 0 Å². The smallest absolute Gasteiger partial charge is 0.265 e. The monoisotopic (exact) mass is 296 g/mol. The summed E-state index contributed by atoms with van der Waals surface area (Å²) in [7, 11) is 0. The first kappa shape index (κ1) is 12.3. The number of fused-ring (bicyclic) bond motifs is 2. The van der Waals surface area contributed by atoms with Gasteiger partial charge in [-0.3, -0.25) is 4.79 Å². The molecule has 0 N–H and O–H groups in total. The molecule has 0 saturated heterocycles. The lowest BCUT2D eigenvalue weighted by atomic mass is 10.2. The van der Waals surface area contributed by atoms with Gasteiger partial charge in [0.1, 0.15) is 0 Å². The number of allylic oxidation sites excluding steroid dienone is 1. The van der Waals surface area contributed by atoms with E-state index < -0.39 is 0 Å². The number of hydrogen-bond acceptors (Lipinski definition) is 5. The molecule has 0 spiro atoms. The lowest BCUT2D eigenvalue weighted by Crippen LogP contribution is -2.49. The fourth-order valence-electron chi connectivity index (χ4n) is 2.46. The summed E-state index contributed by atoms with van der Waals surface area (Å²) in [6.07, 6.45) is 7.75. The Morgan fingerprint density at radius 1 is 1.19 bits per heavy atom. The van der Waals surface area contributed by atoms with Crippen LogP contribution in [0.4, 0.5) is 0 Å². The Labute approximate surface area is 125 Å². The summed E-state index contributed by atoms with van der Waals surface area (Å²) in [6.45, 7) is 0.611. The van der Waals surface area contributed by atoms with Gasteiger partial charge in [-0.1, -0.05) is 18.2 Å². The van der Waals surface area contributed by atoms with Crippen LogP contribution in [0.1, 0.15) is 0 Å². The van der Waals surface area contributed by atoms with Crippen LogP contribution in [0, 0.1) is 0 Å². The minimum Gasteiger partial charge on any atom is -0.265 e. The van der Waals surface area contributed by atoms with E-state index in [0.29, 0.717) is 11.9 Å². The summed E-state index contributed by atoms with van der Waals surface area (Å²) in [5, 5.41) is 13.6. The van der Waals surface area contributed by atoms with E-state index >= 15 is 0 Å². The number of hydrogen-bond donors (Lipinski definition) is 0. The molecule has 0 unspecified atom stereocenters. The van der Waals surface area contributed by atoms with E-state index in [1.807, 2.05) is 57.5 Å². The second-order valence-corrected chi connectivity index (χ2v) is 5.50. The molecule has 0 amide bonds. The quantitative estimate of drug-likeness (QED) is 0.807. The van der Waals surface area contributed by atoms with Crippen LogP contribution in [0.25, 0.3) is 10.8 Å². The Hall–Kier alpha value is -2.47. The van der Waals surface area contributed by atoms with Crippen molar-refractivity contribution in [3.8, 4) is 0 Å². The molecule has 1 aromatic carbocycles. The summed E-state index contributed by atoms with van der Waals surface area (Å²) in [4.78, 5) is 14.1. The van der Waals surface area contributed by atoms with Crippen molar-refractivity contribution in [3.05, 3.63) is 75.7 Å². The summed E-state index contributed by atoms with van der Waals surface area (Å²) in [6, 6.07) is 7.50. The molecule has 0 aliphatic carbocycles. The van der Waals surface area contributed by atoms with Crippen molar-refractivity contribution in [2.45, 2.75) is 0 Å². The van der Waals surface area contributed by atoms with Crippen LogP contribution in [-0.4, -0.2) is 21.4 Å². The predicted octanol–water partition coefficient (Wildman–Crippen LogP) is 2.18. The van der Waals surface area contributed by atoms with E-state index in [1.165, 1.54) is 4.79 Å². The molecule has 2 aliphatic rings. The minimum atomic E-state index is -0.114. The number of aromatic nitrogens is 2. The Morgan fingerprint density at radius 2 is 2.10 bits per heavy atom. The highest BCUT2D eigenvalue weighted by atomic mass is 32.2. The van der Waals surface area contributed by atoms with Gasteiger partial charge in [-0.25, -0.2) is 5.01 Å². The topological polar surface area (TPSA) is 41.4 Å². The summed E-state index contributed by atoms with van der Waals surface area (Å²) >= 11 is 1.60. The zero-order valence-electron chi connectivity index (χ0n) is 11.1. The SMILES string of the molecule is O=c1c2ccccc2cnn1N1CC=C2C=CSC=CN21. The summed E-state index contributed by atoms with van der Waals surface area (Å²) in [5.74, 6) is 0. The van der Waals surface area contributed by atoms with Crippen LogP contribution in [0.2, 0.25) is 0 Å². The highest BCUT2D eigenvalue weighted by Gasteiger charge is 2.23. The lowest BCUT2D eigenvalue weighted by Gasteiger charge is -2.29. The van der Waals surface area contributed by atoms with Crippen molar-refractivity contribution in [2.75, 3.05) is 11.7 Å². The van der Waals surface area contributed by atoms with Crippen molar-refractivity contribution >= 4 is 22.5 Å². The van der Waals surface area contributed by atoms with Crippen LogP contribution in [0.5, 0.6) is 0 Å². The van der Waals surface area contributed by atoms with Crippen LogP contribution < -0.4 is 10.7 Å². The molecular formula is C15H12N4OS. The number of rotatable bonds is 1. The Kier molecular flexibility index (Phi) is 2.82. The minimum absolute atomic E-state index is 0.114. The maximum atomic E-state index is 12.6. The van der Waals surface area contributed by atoms with Crippen molar-refractivity contribution in [3.63, 3.8) is 0 Å². The molecule has 0 fully saturated rings. The number of thioether (sulfide) groups is 1. The van der Waals surface area contributed by atoms with Crippen LogP contribution >= 0.6 is 11.8 Å². The third-order valence-electron chi connectivity index (χ3n) is 3.47. The summed E-state index contributed by atoms with van der Waals surface area (Å²) < 4.78 is 0. The third kappa shape index (κ3) is 1.95. The second kappa shape index (κ2) is 4.82. The van der Waals surface area contributed by atoms with E-state index in [9.17, 15) is 4.79 Å². The van der Waals surface area contributed by atoms with E-state index in [2.05, 4.69) is 11.2 Å². The van der Waals surface area contributed by atoms with Gasteiger partial charge < -0.3 is 0 Å². The molecule has 2 aliphatic heterocycles. The lowest BCUT2D eigenvalue weighted by molar-refractivity contribution is 0.336. The first-order valence-electron chi connectivity index (χ1n) is 6.57. The number of hydrazine groups is 1. The average Bonchev–Trinajstić information content (AvgIpc) is 2.77. The van der Waals surface area contributed by atoms with Gasteiger partial charge in [-0.05, 0) is 29.0 Å². The van der Waals surface area contributed by atoms with E-state index in [-0.39, 0.29) is 5.56 Å². The molecule has 2 aromatic rings. The van der Waals surface area contributed by atoms with Crippen molar-refractivity contribution in [1.29, 1.82) is 0 Å². The number of benzene rings is 1. The first-order valence-corrected chi connectivity index (χ1v) is 7.52. The second-order valence-electron chi connectivity index (χ2n) is 4.68. The zero-order chi connectivity index (χ0) is 14.2. The van der Waals surface area contributed by atoms with Crippen LogP contribution in [-0.2, 0) is 0 Å². The summed E-state index contributed by atoms with van der Waals surface area (Å²) in [5.41, 5.74) is 0.926. The largest absolute Gasteiger partial charge is 0.295 e. The fraction of sp³-hybridized carbons (Fsp3) is 0.0667. The molecule has 0 saturated carbocycles. The molecule has 4 rings (SSSR count). The van der Waals surface area contributed by atoms with Gasteiger partial charge in [0.05, 0.1) is 23.8 Å². The average molecular weight is 296 g/mol. The first-order chi connectivity index (χ1) is 10.3. The van der Waals surface area contributed by atoms with Gasteiger partial charge in [0.2, 0.25) is 0 Å². The molecular weight excluding hydrogens is 284 g/mol. The van der Waals surface area contributed by atoms with Crippen LogP contribution in [0.15, 0.2) is 70.1 Å². The highest BCUT2D eigenvalue weighted by molar-refractivity contribution is 8.04. The molecule has 3 heterocycles. The van der Waals surface area contributed by atoms with Gasteiger partial charge in [0, 0.05) is 11.6 Å². The maximum Gasteiger partial charge on any atom is 0.295 e. The Balaban J connectivity index is 1.83. The van der Waals surface area contributed by atoms with Gasteiger partial charge in [0.25, 0.3) is 5.56 Å². The Morgan fingerprint density at radius 3 is 3.05 bits per heavy atom. The molecule has 5 nitrogen and oxygen atoms in total. The van der Waals surface area contributed by atoms with Gasteiger partial charge in [0.15, 0.2) is 0 Å². The molecule has 104 valence electrons. The normalized spacial score (nSPS) is 17.0. The van der Waals surface area contributed by atoms with Gasteiger partial charge >= 0.3 is 0 Å². The standard InChI is InChI=1S/C15H12N4OS/c20-15-14-4-2-1-3-12(14)11-16-19(15)18-7-5-13-6-9-21-10-8-17(13)18/h1-6,8-11H,7H2. The fourth-order valence-corrected chi connectivity index (χ4v) is 2.95. The molecule has 21 heavy (non-hydrogen) atoms. The van der Waals surface area contributed by atoms with Crippen molar-refractivity contribution in [1.82, 2.24) is 14.9 Å². The van der Waals surface area contributed by atoms with Gasteiger partial charge in [-0.2, -0.15) is 10.2 Å². The molecule has 0 bridgehead atoms. The van der Waals surface area contributed by atoms with Crippen molar-refractivity contribution < 1.29 is 0 Å². The van der Waals surface area contributed by atoms with E-state index in [4.69, 9.17) is 0 Å². The molecule has 0 radical (unpaired) electrons. The predicted molar refractivity (Wildman–Crippen MR) is 84.9 cm³/mol.